The zero-order chi connectivity index (χ0) is 9.54. The van der Waals surface area contributed by atoms with Crippen LogP contribution in [-0.2, 0) is 0 Å². The van der Waals surface area contributed by atoms with Gasteiger partial charge in [0.15, 0.2) is 0 Å². The predicted molar refractivity (Wildman–Crippen MR) is 57.9 cm³/mol. The van der Waals surface area contributed by atoms with Gasteiger partial charge in [-0.05, 0) is 12.8 Å². The Morgan fingerprint density at radius 2 is 2.14 bits per heavy atom. The molecule has 1 aliphatic heterocycles. The second kappa shape index (κ2) is 3.38. The summed E-state index contributed by atoms with van der Waals surface area (Å²) in [5.74, 6) is 0.643. The van der Waals surface area contributed by atoms with Crippen molar-refractivity contribution in [3.63, 3.8) is 0 Å². The van der Waals surface area contributed by atoms with E-state index in [4.69, 9.17) is 11.6 Å². The number of halogens is 1. The van der Waals surface area contributed by atoms with E-state index in [-0.39, 0.29) is 0 Å². The molecule has 0 amide bonds. The highest BCUT2D eigenvalue weighted by Gasteiger charge is 2.37. The van der Waals surface area contributed by atoms with Crippen LogP contribution >= 0.6 is 23.4 Å². The van der Waals surface area contributed by atoms with Gasteiger partial charge >= 0.3 is 0 Å². The lowest BCUT2D eigenvalue weighted by atomic mass is 9.87. The van der Waals surface area contributed by atoms with E-state index in [1.54, 1.807) is 6.33 Å². The number of fused-ring (bicyclic) bond motifs is 3. The van der Waals surface area contributed by atoms with Crippen LogP contribution in [0.1, 0.15) is 37.3 Å². The van der Waals surface area contributed by atoms with Crippen LogP contribution in [0.4, 0.5) is 0 Å². The normalized spacial score (nSPS) is 29.8. The Morgan fingerprint density at radius 1 is 1.29 bits per heavy atom. The summed E-state index contributed by atoms with van der Waals surface area (Å²) in [5.41, 5.74) is 1.21. The Hall–Kier alpha value is -0.280. The summed E-state index contributed by atoms with van der Waals surface area (Å²) in [5, 5.41) is 1.36. The third-order valence-corrected chi connectivity index (χ3v) is 5.01. The van der Waals surface area contributed by atoms with Crippen LogP contribution < -0.4 is 0 Å². The molecular formula is C10H11ClN2S. The van der Waals surface area contributed by atoms with Crippen LogP contribution in [0.15, 0.2) is 11.2 Å². The monoisotopic (exact) mass is 226 g/mol. The molecule has 2 atom stereocenters. The van der Waals surface area contributed by atoms with Gasteiger partial charge in [0.25, 0.3) is 0 Å². The molecule has 3 rings (SSSR count). The fraction of sp³-hybridized carbons (Fsp3) is 0.600. The molecule has 0 saturated heterocycles. The third kappa shape index (κ3) is 1.26. The molecule has 0 bridgehead atoms. The maximum Gasteiger partial charge on any atom is 0.146 e. The molecule has 74 valence electrons. The number of hydrogen-bond donors (Lipinski definition) is 0. The first-order valence-electron chi connectivity index (χ1n) is 5.03. The van der Waals surface area contributed by atoms with Gasteiger partial charge in [-0.3, -0.25) is 0 Å². The van der Waals surface area contributed by atoms with Crippen LogP contribution in [-0.4, -0.2) is 15.2 Å². The first kappa shape index (κ1) is 8.98. The largest absolute Gasteiger partial charge is 0.240 e. The van der Waals surface area contributed by atoms with Crippen molar-refractivity contribution in [2.75, 3.05) is 0 Å². The molecule has 1 aromatic heterocycles. The minimum Gasteiger partial charge on any atom is -0.240 e. The van der Waals surface area contributed by atoms with Gasteiger partial charge in [-0.25, -0.2) is 9.97 Å². The topological polar surface area (TPSA) is 25.8 Å². The number of nitrogens with zero attached hydrogens (tertiary/aromatic N) is 2. The third-order valence-electron chi connectivity index (χ3n) is 3.11. The Balaban J connectivity index is 2.05. The van der Waals surface area contributed by atoms with Crippen LogP contribution in [0.25, 0.3) is 0 Å². The van der Waals surface area contributed by atoms with Crippen molar-refractivity contribution < 1.29 is 0 Å². The zero-order valence-corrected chi connectivity index (χ0v) is 9.31. The maximum absolute atomic E-state index is 6.06. The second-order valence-electron chi connectivity index (χ2n) is 3.93. The molecule has 0 spiro atoms. The van der Waals surface area contributed by atoms with E-state index in [2.05, 4.69) is 9.97 Å². The highest BCUT2D eigenvalue weighted by Crippen LogP contribution is 2.52. The van der Waals surface area contributed by atoms with E-state index < -0.39 is 0 Å². The first-order chi connectivity index (χ1) is 6.86. The lowest BCUT2D eigenvalue weighted by Crippen LogP contribution is -2.15. The molecule has 1 saturated carbocycles. The molecule has 1 fully saturated rings. The van der Waals surface area contributed by atoms with Crippen molar-refractivity contribution in [3.05, 3.63) is 17.2 Å². The minimum absolute atomic E-state index is 0.643. The molecule has 4 heteroatoms. The van der Waals surface area contributed by atoms with Crippen LogP contribution in [0.2, 0.25) is 5.15 Å². The van der Waals surface area contributed by atoms with Crippen molar-refractivity contribution in [3.8, 4) is 0 Å². The smallest absolute Gasteiger partial charge is 0.146 e. The summed E-state index contributed by atoms with van der Waals surface area (Å²) >= 11 is 7.95. The summed E-state index contributed by atoms with van der Waals surface area (Å²) in [7, 11) is 0. The maximum atomic E-state index is 6.06. The first-order valence-corrected chi connectivity index (χ1v) is 6.29. The fourth-order valence-corrected chi connectivity index (χ4v) is 4.21. The predicted octanol–water partition coefficient (Wildman–Crippen LogP) is 3.26. The Bertz CT molecular complexity index is 369. The summed E-state index contributed by atoms with van der Waals surface area (Å²) in [6.07, 6.45) is 6.87. The lowest BCUT2D eigenvalue weighted by Gasteiger charge is -2.23. The molecule has 0 aromatic carbocycles. The van der Waals surface area contributed by atoms with E-state index >= 15 is 0 Å². The highest BCUT2D eigenvalue weighted by atomic mass is 35.5. The van der Waals surface area contributed by atoms with Gasteiger partial charge in [0, 0.05) is 11.2 Å². The van der Waals surface area contributed by atoms with E-state index in [0.717, 1.165) is 4.90 Å². The van der Waals surface area contributed by atoms with E-state index in [0.29, 0.717) is 16.3 Å². The SMILES string of the molecule is Clc1ncnc2c1SC1CCCCC21. The van der Waals surface area contributed by atoms with Gasteiger partial charge < -0.3 is 0 Å². The molecular weight excluding hydrogens is 216 g/mol. The van der Waals surface area contributed by atoms with Gasteiger partial charge in [0.2, 0.25) is 0 Å². The molecule has 14 heavy (non-hydrogen) atoms. The van der Waals surface area contributed by atoms with Crippen molar-refractivity contribution in [1.82, 2.24) is 9.97 Å². The quantitative estimate of drug-likeness (QED) is 0.635. The van der Waals surface area contributed by atoms with Crippen molar-refractivity contribution in [2.24, 2.45) is 0 Å². The molecule has 0 N–H and O–H groups in total. The number of rotatable bonds is 0. The zero-order valence-electron chi connectivity index (χ0n) is 7.74. The lowest BCUT2D eigenvalue weighted by molar-refractivity contribution is 0.453. The Morgan fingerprint density at radius 3 is 3.07 bits per heavy atom. The fourth-order valence-electron chi connectivity index (χ4n) is 2.44. The summed E-state index contributed by atoms with van der Waals surface area (Å²) in [4.78, 5) is 9.57. The van der Waals surface area contributed by atoms with Crippen LogP contribution in [0.3, 0.4) is 0 Å². The van der Waals surface area contributed by atoms with Gasteiger partial charge in [0.1, 0.15) is 11.5 Å². The van der Waals surface area contributed by atoms with Crippen molar-refractivity contribution in [1.29, 1.82) is 0 Å². The van der Waals surface area contributed by atoms with Crippen molar-refractivity contribution >= 4 is 23.4 Å². The summed E-state index contributed by atoms with van der Waals surface area (Å²) in [6.45, 7) is 0. The molecule has 2 heterocycles. The molecule has 1 aromatic rings. The van der Waals surface area contributed by atoms with Crippen LogP contribution in [0.5, 0.6) is 0 Å². The molecule has 2 unspecified atom stereocenters. The Kier molecular flexibility index (Phi) is 2.17. The van der Waals surface area contributed by atoms with E-state index in [9.17, 15) is 0 Å². The molecule has 1 aliphatic carbocycles. The van der Waals surface area contributed by atoms with Gasteiger partial charge in [0.05, 0.1) is 10.6 Å². The van der Waals surface area contributed by atoms with Gasteiger partial charge in [-0.1, -0.05) is 24.4 Å². The highest BCUT2D eigenvalue weighted by molar-refractivity contribution is 8.00. The average Bonchev–Trinajstić information content (AvgIpc) is 2.59. The second-order valence-corrected chi connectivity index (χ2v) is 5.53. The Labute approximate surface area is 92.5 Å². The van der Waals surface area contributed by atoms with Gasteiger partial charge in [-0.15, -0.1) is 11.8 Å². The van der Waals surface area contributed by atoms with E-state index in [1.165, 1.54) is 31.4 Å². The number of aromatic nitrogens is 2. The van der Waals surface area contributed by atoms with E-state index in [1.807, 2.05) is 11.8 Å². The number of hydrogen-bond acceptors (Lipinski definition) is 3. The molecule has 2 aliphatic rings. The molecule has 2 nitrogen and oxygen atoms in total. The summed E-state index contributed by atoms with van der Waals surface area (Å²) < 4.78 is 0. The average molecular weight is 227 g/mol. The number of thioether (sulfide) groups is 1. The van der Waals surface area contributed by atoms with Gasteiger partial charge in [-0.2, -0.15) is 0 Å². The standard InChI is InChI=1S/C10H11ClN2S/c11-10-9-8(12-5-13-10)6-3-1-2-4-7(6)14-9/h5-7H,1-4H2. The van der Waals surface area contributed by atoms with Crippen LogP contribution in [0, 0.1) is 0 Å². The summed E-state index contributed by atoms with van der Waals surface area (Å²) in [6, 6.07) is 0. The van der Waals surface area contributed by atoms with Crippen molar-refractivity contribution in [2.45, 2.75) is 41.7 Å². The minimum atomic E-state index is 0.643. The molecule has 0 radical (unpaired) electrons.